The lowest BCUT2D eigenvalue weighted by atomic mass is 10.2. The molecule has 0 fully saturated rings. The Hall–Kier alpha value is -2.80. The summed E-state index contributed by atoms with van der Waals surface area (Å²) in [6.45, 7) is 1.82. The van der Waals surface area contributed by atoms with Crippen molar-refractivity contribution in [3.05, 3.63) is 54.6 Å². The Morgan fingerprint density at radius 3 is 2.76 bits per heavy atom. The molecule has 0 bridgehead atoms. The van der Waals surface area contributed by atoms with Crippen molar-refractivity contribution in [3.63, 3.8) is 0 Å². The number of nitrogens with one attached hydrogen (secondary N) is 2. The average molecular weight is 354 g/mol. The fraction of sp³-hybridized carbons (Fsp3) is 0.167. The number of rotatable bonds is 6. The number of ether oxygens (including phenoxy) is 1. The molecule has 2 N–H and O–H groups in total. The molecule has 0 saturated carbocycles. The Bertz CT molecular complexity index is 851. The summed E-state index contributed by atoms with van der Waals surface area (Å²) in [6, 6.07) is 17.0. The van der Waals surface area contributed by atoms with Crippen LogP contribution in [-0.4, -0.2) is 33.4 Å². The number of aromatic nitrogens is 3. The second-order valence-electron chi connectivity index (χ2n) is 5.31. The molecular formula is C18H18N4O2S. The Morgan fingerprint density at radius 1 is 1.20 bits per heavy atom. The van der Waals surface area contributed by atoms with Crippen LogP contribution in [0.2, 0.25) is 0 Å². The minimum Gasteiger partial charge on any atom is -0.497 e. The third kappa shape index (κ3) is 4.39. The van der Waals surface area contributed by atoms with Crippen LogP contribution in [0, 0.1) is 0 Å². The predicted molar refractivity (Wildman–Crippen MR) is 98.8 cm³/mol. The first kappa shape index (κ1) is 17.0. The van der Waals surface area contributed by atoms with E-state index in [0.717, 1.165) is 5.56 Å². The molecule has 6 nitrogen and oxygen atoms in total. The van der Waals surface area contributed by atoms with Crippen molar-refractivity contribution < 1.29 is 9.53 Å². The maximum atomic E-state index is 12.4. The number of methoxy groups -OCH3 is 1. The van der Waals surface area contributed by atoms with E-state index in [0.29, 0.717) is 22.4 Å². The number of thioether (sulfide) groups is 1. The summed E-state index contributed by atoms with van der Waals surface area (Å²) in [5, 5.41) is 10.1. The van der Waals surface area contributed by atoms with E-state index >= 15 is 0 Å². The van der Waals surface area contributed by atoms with Crippen LogP contribution in [-0.2, 0) is 4.79 Å². The highest BCUT2D eigenvalue weighted by molar-refractivity contribution is 8.00. The maximum Gasteiger partial charge on any atom is 0.237 e. The van der Waals surface area contributed by atoms with Crippen LogP contribution in [0.15, 0.2) is 59.8 Å². The summed E-state index contributed by atoms with van der Waals surface area (Å²) in [6.07, 6.45) is 0. The number of amides is 1. The number of hydrogen-bond donors (Lipinski definition) is 2. The van der Waals surface area contributed by atoms with E-state index in [2.05, 4.69) is 20.5 Å². The van der Waals surface area contributed by atoms with Gasteiger partial charge in [0.2, 0.25) is 11.1 Å². The average Bonchev–Trinajstić information content (AvgIpc) is 3.11. The van der Waals surface area contributed by atoms with Gasteiger partial charge in [-0.1, -0.05) is 48.2 Å². The van der Waals surface area contributed by atoms with Gasteiger partial charge in [0.15, 0.2) is 5.82 Å². The Morgan fingerprint density at radius 2 is 2.00 bits per heavy atom. The summed E-state index contributed by atoms with van der Waals surface area (Å²) in [7, 11) is 1.59. The second kappa shape index (κ2) is 7.85. The molecule has 3 rings (SSSR count). The number of aromatic amines is 1. The molecule has 1 aromatic heterocycles. The minimum atomic E-state index is -0.342. The number of nitrogens with zero attached hydrogens (tertiary/aromatic N) is 2. The van der Waals surface area contributed by atoms with Crippen LogP contribution in [0.1, 0.15) is 6.92 Å². The van der Waals surface area contributed by atoms with Crippen LogP contribution >= 0.6 is 11.8 Å². The Balaban J connectivity index is 1.62. The van der Waals surface area contributed by atoms with Gasteiger partial charge in [-0.3, -0.25) is 9.89 Å². The van der Waals surface area contributed by atoms with Gasteiger partial charge in [-0.15, -0.1) is 5.10 Å². The van der Waals surface area contributed by atoms with Crippen molar-refractivity contribution in [2.75, 3.05) is 12.4 Å². The van der Waals surface area contributed by atoms with Crippen molar-refractivity contribution in [1.82, 2.24) is 15.2 Å². The molecule has 0 unspecified atom stereocenters. The lowest BCUT2D eigenvalue weighted by molar-refractivity contribution is -0.115. The standard InChI is InChI=1S/C18H18N4O2S/c1-12(17(23)19-14-9-6-10-15(11-14)24-2)25-18-20-16(21-22-18)13-7-4-3-5-8-13/h3-12H,1-2H3,(H,19,23)(H,20,21,22)/t12-/m1/s1. The third-order valence-electron chi connectivity index (χ3n) is 3.50. The molecule has 0 aliphatic carbocycles. The smallest absolute Gasteiger partial charge is 0.237 e. The first-order valence-corrected chi connectivity index (χ1v) is 8.63. The zero-order valence-corrected chi connectivity index (χ0v) is 14.7. The topological polar surface area (TPSA) is 79.9 Å². The van der Waals surface area contributed by atoms with E-state index in [4.69, 9.17) is 4.74 Å². The fourth-order valence-corrected chi connectivity index (χ4v) is 2.91. The molecule has 25 heavy (non-hydrogen) atoms. The molecule has 2 aromatic carbocycles. The zero-order chi connectivity index (χ0) is 17.6. The van der Waals surface area contributed by atoms with Gasteiger partial charge in [-0.2, -0.15) is 0 Å². The van der Waals surface area contributed by atoms with Gasteiger partial charge in [-0.25, -0.2) is 4.98 Å². The van der Waals surface area contributed by atoms with Crippen LogP contribution in [0.5, 0.6) is 5.75 Å². The number of H-pyrrole nitrogens is 1. The molecule has 0 aliphatic heterocycles. The highest BCUT2D eigenvalue weighted by atomic mass is 32.2. The van der Waals surface area contributed by atoms with Crippen molar-refractivity contribution in [2.24, 2.45) is 0 Å². The Kier molecular flexibility index (Phi) is 5.35. The lowest BCUT2D eigenvalue weighted by Crippen LogP contribution is -2.22. The molecule has 128 valence electrons. The van der Waals surface area contributed by atoms with Gasteiger partial charge in [0, 0.05) is 17.3 Å². The molecule has 0 spiro atoms. The molecule has 1 heterocycles. The number of carbonyl (C=O) groups excluding carboxylic acids is 1. The molecule has 0 aliphatic rings. The zero-order valence-electron chi connectivity index (χ0n) is 13.9. The highest BCUT2D eigenvalue weighted by Gasteiger charge is 2.17. The number of benzene rings is 2. The fourth-order valence-electron chi connectivity index (χ4n) is 2.18. The SMILES string of the molecule is COc1cccc(NC(=O)[C@@H](C)Sc2n[nH]c(-c3ccccc3)n2)c1. The summed E-state index contributed by atoms with van der Waals surface area (Å²) in [5.74, 6) is 1.26. The van der Waals surface area contributed by atoms with E-state index in [1.54, 1.807) is 13.2 Å². The van der Waals surface area contributed by atoms with E-state index in [-0.39, 0.29) is 11.2 Å². The van der Waals surface area contributed by atoms with E-state index < -0.39 is 0 Å². The number of hydrogen-bond acceptors (Lipinski definition) is 5. The van der Waals surface area contributed by atoms with E-state index in [1.165, 1.54) is 11.8 Å². The van der Waals surface area contributed by atoms with Gasteiger partial charge >= 0.3 is 0 Å². The second-order valence-corrected chi connectivity index (χ2v) is 6.62. The lowest BCUT2D eigenvalue weighted by Gasteiger charge is -2.10. The molecule has 0 radical (unpaired) electrons. The van der Waals surface area contributed by atoms with Crippen LogP contribution in [0.3, 0.4) is 0 Å². The molecule has 1 atom stereocenters. The van der Waals surface area contributed by atoms with Crippen molar-refractivity contribution in [2.45, 2.75) is 17.3 Å². The van der Waals surface area contributed by atoms with Crippen molar-refractivity contribution in [1.29, 1.82) is 0 Å². The number of anilines is 1. The minimum absolute atomic E-state index is 0.121. The van der Waals surface area contributed by atoms with Gasteiger partial charge in [-0.05, 0) is 19.1 Å². The van der Waals surface area contributed by atoms with Crippen LogP contribution in [0.4, 0.5) is 5.69 Å². The first-order chi connectivity index (χ1) is 12.2. The van der Waals surface area contributed by atoms with Gasteiger partial charge in [0.1, 0.15) is 5.75 Å². The normalized spacial score (nSPS) is 11.8. The largest absolute Gasteiger partial charge is 0.497 e. The van der Waals surface area contributed by atoms with Crippen molar-refractivity contribution in [3.8, 4) is 17.1 Å². The van der Waals surface area contributed by atoms with Crippen LogP contribution in [0.25, 0.3) is 11.4 Å². The summed E-state index contributed by atoms with van der Waals surface area (Å²) in [4.78, 5) is 16.8. The van der Waals surface area contributed by atoms with Gasteiger partial charge in [0.05, 0.1) is 12.4 Å². The van der Waals surface area contributed by atoms with Crippen LogP contribution < -0.4 is 10.1 Å². The van der Waals surface area contributed by atoms with Crippen molar-refractivity contribution >= 4 is 23.4 Å². The third-order valence-corrected chi connectivity index (χ3v) is 4.46. The van der Waals surface area contributed by atoms with E-state index in [1.807, 2.05) is 55.5 Å². The Labute approximate surface area is 150 Å². The van der Waals surface area contributed by atoms with Gasteiger partial charge < -0.3 is 10.1 Å². The highest BCUT2D eigenvalue weighted by Crippen LogP contribution is 2.24. The summed E-state index contributed by atoms with van der Waals surface area (Å²) in [5.41, 5.74) is 1.65. The molecule has 0 saturated heterocycles. The number of carbonyl (C=O) groups is 1. The predicted octanol–water partition coefficient (Wildman–Crippen LogP) is 3.60. The molecular weight excluding hydrogens is 336 g/mol. The van der Waals surface area contributed by atoms with Gasteiger partial charge in [0.25, 0.3) is 0 Å². The maximum absolute atomic E-state index is 12.4. The monoisotopic (exact) mass is 354 g/mol. The molecule has 7 heteroatoms. The van der Waals surface area contributed by atoms with E-state index in [9.17, 15) is 4.79 Å². The summed E-state index contributed by atoms with van der Waals surface area (Å²) < 4.78 is 5.16. The first-order valence-electron chi connectivity index (χ1n) is 7.75. The molecule has 1 amide bonds. The molecule has 3 aromatic rings. The quantitative estimate of drug-likeness (QED) is 0.661. The summed E-state index contributed by atoms with van der Waals surface area (Å²) >= 11 is 1.30.